The molecular formula is C18H25F3N4O6. The number of nitrogens with two attached hydrogens (primary N) is 1. The van der Waals surface area contributed by atoms with Gasteiger partial charge in [-0.25, -0.2) is 4.99 Å². The number of ether oxygens (including phenoxy) is 1. The number of carbonyl (C=O) groups is 5. The van der Waals surface area contributed by atoms with Gasteiger partial charge >= 0.3 is 18.2 Å². The third kappa shape index (κ3) is 9.68. The van der Waals surface area contributed by atoms with Gasteiger partial charge in [-0.2, -0.15) is 0 Å². The molecular weight excluding hydrogens is 425 g/mol. The fourth-order valence-electron chi connectivity index (χ4n) is 2.92. The predicted octanol–water partition coefficient (Wildman–Crippen LogP) is -0.152. The average Bonchev–Trinajstić information content (AvgIpc) is 3.05. The Labute approximate surface area is 176 Å². The molecule has 0 spiro atoms. The first-order valence-corrected chi connectivity index (χ1v) is 9.49. The highest BCUT2D eigenvalue weighted by Gasteiger charge is 2.35. The van der Waals surface area contributed by atoms with E-state index in [0.717, 1.165) is 6.21 Å². The van der Waals surface area contributed by atoms with Crippen LogP contribution in [0.3, 0.4) is 0 Å². The van der Waals surface area contributed by atoms with Gasteiger partial charge in [-0.05, 0) is 25.2 Å². The quantitative estimate of drug-likeness (QED) is 0.310. The molecule has 0 aromatic rings. The first kappa shape index (κ1) is 26.2. The smallest absolute Gasteiger partial charge is 0.361 e. The molecule has 10 nitrogen and oxygen atoms in total. The summed E-state index contributed by atoms with van der Waals surface area (Å²) < 4.78 is 40.5. The third-order valence-electron chi connectivity index (χ3n) is 4.41. The molecule has 4 N–H and O–H groups in total. The number of nitrogens with one attached hydrogen (secondary N) is 2. The van der Waals surface area contributed by atoms with E-state index in [1.807, 2.05) is 0 Å². The number of Topliss-reactive ketones (excluding diaryl/α,β-unsaturated/α-hetero) is 1. The monoisotopic (exact) mass is 450 g/mol. The van der Waals surface area contributed by atoms with Gasteiger partial charge in [-0.3, -0.25) is 28.7 Å². The lowest BCUT2D eigenvalue weighted by Crippen LogP contribution is -2.47. The normalized spacial score (nSPS) is 18.6. The number of carbonyl (C=O) groups excluding carboxylic acids is 5. The van der Waals surface area contributed by atoms with Gasteiger partial charge in [-0.15, -0.1) is 13.2 Å². The van der Waals surface area contributed by atoms with Gasteiger partial charge in [0.2, 0.25) is 11.8 Å². The number of aliphatic imine (C=N–C) groups is 1. The Morgan fingerprint density at radius 1 is 1.32 bits per heavy atom. The summed E-state index contributed by atoms with van der Waals surface area (Å²) in [5.41, 5.74) is 4.80. The van der Waals surface area contributed by atoms with E-state index in [0.29, 0.717) is 13.0 Å². The summed E-state index contributed by atoms with van der Waals surface area (Å²) in [4.78, 5) is 62.2. The molecule has 0 radical (unpaired) electrons. The summed E-state index contributed by atoms with van der Waals surface area (Å²) in [5, 5.41) is 4.86. The van der Waals surface area contributed by atoms with Crippen molar-refractivity contribution in [1.29, 1.82) is 0 Å². The number of ketones is 1. The first-order valence-electron chi connectivity index (χ1n) is 9.49. The molecule has 3 atom stereocenters. The predicted molar refractivity (Wildman–Crippen MR) is 100 cm³/mol. The van der Waals surface area contributed by atoms with E-state index in [1.54, 1.807) is 13.8 Å². The molecule has 1 unspecified atom stereocenters. The maximum Gasteiger partial charge on any atom is 0.522 e. The highest BCUT2D eigenvalue weighted by atomic mass is 19.4. The number of nitrogens with zero attached hydrogens (tertiary/aromatic N) is 1. The summed E-state index contributed by atoms with van der Waals surface area (Å²) in [6, 6.07) is -1.43. The molecule has 0 aromatic heterocycles. The maximum absolute atomic E-state index is 12.7. The van der Waals surface area contributed by atoms with E-state index in [9.17, 15) is 37.1 Å². The van der Waals surface area contributed by atoms with Crippen molar-refractivity contribution in [2.24, 2.45) is 28.5 Å². The van der Waals surface area contributed by atoms with Crippen LogP contribution in [0.2, 0.25) is 0 Å². The molecule has 1 heterocycles. The minimum atomic E-state index is -5.04. The molecule has 1 rings (SSSR count). The SMILES string of the molecule is CC(C)CC(C=NC(=O)C(N)=O)C(=O)N[C@@H](C[C@@H]1CCNC1=O)C(=O)COC(F)(F)F. The van der Waals surface area contributed by atoms with Crippen molar-refractivity contribution in [3.8, 4) is 0 Å². The molecule has 174 valence electrons. The highest BCUT2D eigenvalue weighted by Crippen LogP contribution is 2.20. The van der Waals surface area contributed by atoms with E-state index in [1.165, 1.54) is 0 Å². The zero-order valence-electron chi connectivity index (χ0n) is 17.0. The van der Waals surface area contributed by atoms with Crippen molar-refractivity contribution in [2.75, 3.05) is 13.2 Å². The van der Waals surface area contributed by atoms with Crippen LogP contribution in [-0.4, -0.2) is 61.2 Å². The zero-order chi connectivity index (χ0) is 23.8. The Hall–Kier alpha value is -2.83. The lowest BCUT2D eigenvalue weighted by molar-refractivity contribution is -0.321. The summed E-state index contributed by atoms with van der Waals surface area (Å²) in [5.74, 6) is -6.68. The Morgan fingerprint density at radius 2 is 1.97 bits per heavy atom. The van der Waals surface area contributed by atoms with E-state index >= 15 is 0 Å². The molecule has 1 aliphatic rings. The molecule has 0 bridgehead atoms. The largest absolute Gasteiger partial charge is 0.522 e. The van der Waals surface area contributed by atoms with Crippen molar-refractivity contribution in [1.82, 2.24) is 10.6 Å². The Morgan fingerprint density at radius 3 is 2.45 bits per heavy atom. The summed E-state index contributed by atoms with van der Waals surface area (Å²) in [6.45, 7) is 2.51. The van der Waals surface area contributed by atoms with Gasteiger partial charge in [0.15, 0.2) is 5.78 Å². The van der Waals surface area contributed by atoms with Crippen molar-refractivity contribution >= 4 is 35.6 Å². The van der Waals surface area contributed by atoms with Crippen molar-refractivity contribution < 1.29 is 41.9 Å². The molecule has 1 saturated heterocycles. The molecule has 0 saturated carbocycles. The molecule has 1 fully saturated rings. The van der Waals surface area contributed by atoms with Gasteiger partial charge < -0.3 is 16.4 Å². The van der Waals surface area contributed by atoms with Crippen LogP contribution < -0.4 is 16.4 Å². The molecule has 0 aromatic carbocycles. The topological polar surface area (TPSA) is 157 Å². The minimum absolute atomic E-state index is 0.0748. The van der Waals surface area contributed by atoms with E-state index in [-0.39, 0.29) is 24.7 Å². The van der Waals surface area contributed by atoms with Gasteiger partial charge in [0.1, 0.15) is 6.61 Å². The number of halogens is 3. The van der Waals surface area contributed by atoms with Gasteiger partial charge in [0, 0.05) is 18.7 Å². The molecule has 1 aliphatic heterocycles. The first-order chi connectivity index (χ1) is 14.3. The van der Waals surface area contributed by atoms with Gasteiger partial charge in [0.05, 0.1) is 12.0 Å². The third-order valence-corrected chi connectivity index (χ3v) is 4.41. The van der Waals surface area contributed by atoms with Crippen LogP contribution in [0.4, 0.5) is 13.2 Å². The Balaban J connectivity index is 2.99. The van der Waals surface area contributed by atoms with Crippen LogP contribution >= 0.6 is 0 Å². The molecule has 31 heavy (non-hydrogen) atoms. The van der Waals surface area contributed by atoms with Crippen LogP contribution in [0.5, 0.6) is 0 Å². The van der Waals surface area contributed by atoms with E-state index < -0.39 is 54.4 Å². The summed E-state index contributed by atoms with van der Waals surface area (Å²) in [7, 11) is 0. The number of hydrogen-bond donors (Lipinski definition) is 3. The standard InChI is InChI=1S/C18H25F3N4O6/c1-9(2)5-11(7-24-17(30)14(22)27)16(29)25-12(6-10-3-4-23-15(10)28)13(26)8-31-18(19,20)21/h7,9-12H,3-6,8H2,1-2H3,(H2,22,27)(H,23,28)(H,25,29)/t10-,11?,12-/m0/s1. The fraction of sp³-hybridized carbons (Fsp3) is 0.667. The molecule has 4 amide bonds. The molecule has 0 aliphatic carbocycles. The van der Waals surface area contributed by atoms with Crippen LogP contribution in [0.25, 0.3) is 0 Å². The van der Waals surface area contributed by atoms with E-state index in [4.69, 9.17) is 5.73 Å². The van der Waals surface area contributed by atoms with Gasteiger partial charge in [-0.1, -0.05) is 13.8 Å². The minimum Gasteiger partial charge on any atom is -0.361 e. The molecule has 13 heteroatoms. The van der Waals surface area contributed by atoms with Crippen molar-refractivity contribution in [3.63, 3.8) is 0 Å². The number of hydrogen-bond acceptors (Lipinski definition) is 6. The van der Waals surface area contributed by atoms with Crippen LogP contribution in [-0.2, 0) is 28.7 Å². The van der Waals surface area contributed by atoms with Crippen LogP contribution in [0, 0.1) is 17.8 Å². The highest BCUT2D eigenvalue weighted by molar-refractivity contribution is 6.36. The number of primary amides is 1. The average molecular weight is 450 g/mol. The van der Waals surface area contributed by atoms with E-state index in [2.05, 4.69) is 20.4 Å². The Kier molecular flexibility index (Phi) is 9.75. The summed E-state index contributed by atoms with van der Waals surface area (Å²) >= 11 is 0. The van der Waals surface area contributed by atoms with Crippen LogP contribution in [0.15, 0.2) is 4.99 Å². The number of rotatable bonds is 10. The fourth-order valence-corrected chi connectivity index (χ4v) is 2.92. The lowest BCUT2D eigenvalue weighted by atomic mass is 9.93. The maximum atomic E-state index is 12.7. The van der Waals surface area contributed by atoms with Crippen molar-refractivity contribution in [3.05, 3.63) is 0 Å². The van der Waals surface area contributed by atoms with Crippen LogP contribution in [0.1, 0.15) is 33.1 Å². The summed E-state index contributed by atoms with van der Waals surface area (Å²) in [6.07, 6.45) is -3.85. The number of amides is 4. The Bertz CT molecular complexity index is 738. The van der Waals surface area contributed by atoms with Gasteiger partial charge in [0.25, 0.3) is 0 Å². The second-order valence-electron chi connectivity index (χ2n) is 7.46. The number of alkyl halides is 3. The zero-order valence-corrected chi connectivity index (χ0v) is 17.0. The second kappa shape index (κ2) is 11.5. The lowest BCUT2D eigenvalue weighted by Gasteiger charge is -2.23. The van der Waals surface area contributed by atoms with Crippen molar-refractivity contribution in [2.45, 2.75) is 45.5 Å². The second-order valence-corrected chi connectivity index (χ2v) is 7.46.